The lowest BCUT2D eigenvalue weighted by molar-refractivity contribution is -0.144. The Bertz CT molecular complexity index is 413. The third kappa shape index (κ3) is 3.32. The van der Waals surface area contributed by atoms with E-state index < -0.39 is 6.10 Å². The van der Waals surface area contributed by atoms with Gasteiger partial charge in [-0.1, -0.05) is 12.1 Å². The maximum absolute atomic E-state index is 12.4. The number of nitrogens with two attached hydrogens (primary N) is 1. The van der Waals surface area contributed by atoms with Crippen LogP contribution in [0.3, 0.4) is 0 Å². The van der Waals surface area contributed by atoms with Crippen LogP contribution in [0.2, 0.25) is 0 Å². The van der Waals surface area contributed by atoms with E-state index in [-0.39, 0.29) is 5.91 Å². The Kier molecular flexibility index (Phi) is 4.90. The molecule has 1 fully saturated rings. The van der Waals surface area contributed by atoms with Crippen LogP contribution in [-0.2, 0) is 20.8 Å². The predicted octanol–water partition coefficient (Wildman–Crippen LogP) is 0.914. The van der Waals surface area contributed by atoms with Crippen molar-refractivity contribution in [3.05, 3.63) is 29.8 Å². The van der Waals surface area contributed by atoms with E-state index in [2.05, 4.69) is 0 Å². The van der Waals surface area contributed by atoms with Crippen molar-refractivity contribution < 1.29 is 14.3 Å². The zero-order chi connectivity index (χ0) is 13.7. The molecule has 2 N–H and O–H groups in total. The van der Waals surface area contributed by atoms with Crippen molar-refractivity contribution in [1.29, 1.82) is 0 Å². The number of nitrogens with zero attached hydrogens (tertiary/aromatic N) is 1. The van der Waals surface area contributed by atoms with Crippen LogP contribution in [0.1, 0.15) is 12.5 Å². The molecule has 1 aromatic rings. The van der Waals surface area contributed by atoms with E-state index in [1.165, 1.54) is 0 Å². The van der Waals surface area contributed by atoms with E-state index in [1.54, 1.807) is 4.90 Å². The van der Waals surface area contributed by atoms with Crippen molar-refractivity contribution >= 4 is 11.6 Å². The number of carbonyl (C=O) groups excluding carboxylic acids is 1. The quantitative estimate of drug-likeness (QED) is 0.878. The van der Waals surface area contributed by atoms with Gasteiger partial charge in [0.05, 0.1) is 19.8 Å². The molecule has 0 saturated carbocycles. The Hall–Kier alpha value is -1.43. The average Bonchev–Trinajstić information content (AvgIpc) is 2.49. The zero-order valence-corrected chi connectivity index (χ0v) is 11.2. The molecule has 1 atom stereocenters. The molecule has 0 bridgehead atoms. The first-order valence-electron chi connectivity index (χ1n) is 6.56. The molecule has 0 spiro atoms. The fourth-order valence-electron chi connectivity index (χ4n) is 2.08. The molecular formula is C14H20N2O3. The van der Waals surface area contributed by atoms with Crippen LogP contribution in [0.25, 0.3) is 0 Å². The summed E-state index contributed by atoms with van der Waals surface area (Å²) in [6, 6.07) is 7.69. The number of benzene rings is 1. The van der Waals surface area contributed by atoms with Crippen molar-refractivity contribution in [1.82, 2.24) is 0 Å². The van der Waals surface area contributed by atoms with Gasteiger partial charge in [0.1, 0.15) is 0 Å². The third-order valence-electron chi connectivity index (χ3n) is 3.16. The van der Waals surface area contributed by atoms with Crippen molar-refractivity contribution in [2.24, 2.45) is 5.73 Å². The Morgan fingerprint density at radius 1 is 1.37 bits per heavy atom. The maximum Gasteiger partial charge on any atom is 0.258 e. The van der Waals surface area contributed by atoms with E-state index in [0.717, 1.165) is 11.3 Å². The first kappa shape index (κ1) is 14.0. The smallest absolute Gasteiger partial charge is 0.258 e. The summed E-state index contributed by atoms with van der Waals surface area (Å²) in [6.07, 6.45) is -0.497. The molecule has 1 aliphatic rings. The van der Waals surface area contributed by atoms with Gasteiger partial charge in [-0.25, -0.2) is 0 Å². The molecule has 19 heavy (non-hydrogen) atoms. The van der Waals surface area contributed by atoms with E-state index in [0.29, 0.717) is 32.9 Å². The topological polar surface area (TPSA) is 64.8 Å². The molecule has 1 aromatic carbocycles. The number of rotatable bonds is 4. The molecule has 5 nitrogen and oxygen atoms in total. The van der Waals surface area contributed by atoms with E-state index >= 15 is 0 Å². The van der Waals surface area contributed by atoms with Gasteiger partial charge in [-0.05, 0) is 24.6 Å². The second kappa shape index (κ2) is 6.65. The number of carbonyl (C=O) groups is 1. The zero-order valence-electron chi connectivity index (χ0n) is 11.2. The summed E-state index contributed by atoms with van der Waals surface area (Å²) in [5.41, 5.74) is 7.47. The minimum Gasteiger partial charge on any atom is -0.376 e. The van der Waals surface area contributed by atoms with Gasteiger partial charge in [-0.3, -0.25) is 4.79 Å². The van der Waals surface area contributed by atoms with Gasteiger partial charge in [0, 0.05) is 18.8 Å². The lowest BCUT2D eigenvalue weighted by atomic mass is 10.2. The highest BCUT2D eigenvalue weighted by molar-refractivity contribution is 5.96. The Morgan fingerprint density at radius 3 is 2.63 bits per heavy atom. The first-order chi connectivity index (χ1) is 9.26. The highest BCUT2D eigenvalue weighted by atomic mass is 16.6. The lowest BCUT2D eigenvalue weighted by Crippen LogP contribution is -2.45. The van der Waals surface area contributed by atoms with Crippen molar-refractivity contribution in [3.63, 3.8) is 0 Å². The summed E-state index contributed by atoms with van der Waals surface area (Å²) in [5, 5.41) is 0. The average molecular weight is 264 g/mol. The SMILES string of the molecule is CCN(C(=O)C1COCCO1)c1ccc(CN)cc1. The Balaban J connectivity index is 2.11. The lowest BCUT2D eigenvalue weighted by Gasteiger charge is -2.28. The number of anilines is 1. The second-order valence-electron chi connectivity index (χ2n) is 4.39. The molecule has 1 saturated heterocycles. The molecule has 0 aliphatic carbocycles. The number of hydrogen-bond acceptors (Lipinski definition) is 4. The van der Waals surface area contributed by atoms with E-state index in [9.17, 15) is 4.79 Å². The molecule has 0 radical (unpaired) electrons. The van der Waals surface area contributed by atoms with Crippen LogP contribution in [0.4, 0.5) is 5.69 Å². The highest BCUT2D eigenvalue weighted by Crippen LogP contribution is 2.17. The van der Waals surface area contributed by atoms with Gasteiger partial charge >= 0.3 is 0 Å². The van der Waals surface area contributed by atoms with Crippen LogP contribution < -0.4 is 10.6 Å². The molecule has 1 amide bonds. The Labute approximate surface area is 113 Å². The maximum atomic E-state index is 12.4. The molecular weight excluding hydrogens is 244 g/mol. The predicted molar refractivity (Wildman–Crippen MR) is 72.9 cm³/mol. The van der Waals surface area contributed by atoms with Crippen LogP contribution in [0, 0.1) is 0 Å². The number of amides is 1. The summed E-state index contributed by atoms with van der Waals surface area (Å²) in [6.45, 7) is 4.40. The van der Waals surface area contributed by atoms with Gasteiger partial charge in [0.2, 0.25) is 0 Å². The molecule has 0 aromatic heterocycles. The molecule has 5 heteroatoms. The van der Waals surface area contributed by atoms with Crippen molar-refractivity contribution in [2.45, 2.75) is 19.6 Å². The van der Waals surface area contributed by atoms with Crippen LogP contribution in [-0.4, -0.2) is 38.4 Å². The largest absolute Gasteiger partial charge is 0.376 e. The molecule has 104 valence electrons. The molecule has 1 aliphatic heterocycles. The van der Waals surface area contributed by atoms with Crippen LogP contribution >= 0.6 is 0 Å². The van der Waals surface area contributed by atoms with Crippen molar-refractivity contribution in [3.8, 4) is 0 Å². The summed E-state index contributed by atoms with van der Waals surface area (Å²) >= 11 is 0. The standard InChI is InChI=1S/C14H20N2O3/c1-2-16(12-5-3-11(9-15)4-6-12)14(17)13-10-18-7-8-19-13/h3-6,13H,2,7-10,15H2,1H3. The monoisotopic (exact) mass is 264 g/mol. The van der Waals surface area contributed by atoms with Gasteiger partial charge in [-0.15, -0.1) is 0 Å². The van der Waals surface area contributed by atoms with Crippen LogP contribution in [0.15, 0.2) is 24.3 Å². The van der Waals surface area contributed by atoms with Crippen LogP contribution in [0.5, 0.6) is 0 Å². The van der Waals surface area contributed by atoms with Crippen molar-refractivity contribution in [2.75, 3.05) is 31.3 Å². The summed E-state index contributed by atoms with van der Waals surface area (Å²) in [5.74, 6) is -0.0531. The van der Waals surface area contributed by atoms with Gasteiger partial charge in [0.25, 0.3) is 5.91 Å². The van der Waals surface area contributed by atoms with Gasteiger partial charge in [0.15, 0.2) is 6.10 Å². The summed E-state index contributed by atoms with van der Waals surface area (Å²) < 4.78 is 10.7. The third-order valence-corrected chi connectivity index (χ3v) is 3.16. The summed E-state index contributed by atoms with van der Waals surface area (Å²) in [7, 11) is 0. The fourth-order valence-corrected chi connectivity index (χ4v) is 2.08. The van der Waals surface area contributed by atoms with Gasteiger partial charge < -0.3 is 20.1 Å². The number of hydrogen-bond donors (Lipinski definition) is 1. The minimum atomic E-state index is -0.497. The van der Waals surface area contributed by atoms with E-state index in [1.807, 2.05) is 31.2 Å². The first-order valence-corrected chi connectivity index (χ1v) is 6.56. The second-order valence-corrected chi connectivity index (χ2v) is 4.39. The fraction of sp³-hybridized carbons (Fsp3) is 0.500. The van der Waals surface area contributed by atoms with Gasteiger partial charge in [-0.2, -0.15) is 0 Å². The normalized spacial score (nSPS) is 19.2. The summed E-state index contributed by atoms with van der Waals surface area (Å²) in [4.78, 5) is 14.1. The number of likely N-dealkylation sites (N-methyl/N-ethyl adjacent to an activating group) is 1. The number of ether oxygens (including phenoxy) is 2. The van der Waals surface area contributed by atoms with E-state index in [4.69, 9.17) is 15.2 Å². The molecule has 1 unspecified atom stereocenters. The Morgan fingerprint density at radius 2 is 2.11 bits per heavy atom. The highest BCUT2D eigenvalue weighted by Gasteiger charge is 2.27. The minimum absolute atomic E-state index is 0.0531. The molecule has 1 heterocycles. The molecule has 2 rings (SSSR count).